The third-order valence-electron chi connectivity index (χ3n) is 3.45. The minimum atomic E-state index is -0.153. The Morgan fingerprint density at radius 3 is 3.00 bits per heavy atom. The summed E-state index contributed by atoms with van der Waals surface area (Å²) in [4.78, 5) is 14.0. The minimum Gasteiger partial charge on any atom is -0.469 e. The molecule has 0 amide bonds. The average molecular weight is 267 g/mol. The Balaban J connectivity index is 1.86. The smallest absolute Gasteiger partial charge is 0.306 e. The molecule has 3 nitrogen and oxygen atoms in total. The molecule has 0 bridgehead atoms. The summed E-state index contributed by atoms with van der Waals surface area (Å²) in [6.07, 6.45) is 5.58. The summed E-state index contributed by atoms with van der Waals surface area (Å²) in [6, 6.07) is 2.67. The van der Waals surface area contributed by atoms with Crippen LogP contribution in [-0.4, -0.2) is 19.6 Å². The van der Waals surface area contributed by atoms with E-state index in [1.54, 1.807) is 10.4 Å². The molecule has 1 unspecified atom stereocenters. The molecule has 0 fully saturated rings. The van der Waals surface area contributed by atoms with Crippen molar-refractivity contribution >= 4 is 17.3 Å². The molecule has 1 aliphatic carbocycles. The Morgan fingerprint density at radius 1 is 1.50 bits per heavy atom. The van der Waals surface area contributed by atoms with Crippen molar-refractivity contribution in [1.82, 2.24) is 5.32 Å². The number of esters is 1. The summed E-state index contributed by atoms with van der Waals surface area (Å²) in [7, 11) is 1.43. The molecule has 1 N–H and O–H groups in total. The molecule has 0 saturated heterocycles. The maximum absolute atomic E-state index is 11.0. The van der Waals surface area contributed by atoms with Gasteiger partial charge in [-0.3, -0.25) is 4.79 Å². The lowest BCUT2D eigenvalue weighted by Crippen LogP contribution is -2.21. The van der Waals surface area contributed by atoms with E-state index < -0.39 is 0 Å². The van der Waals surface area contributed by atoms with Crippen molar-refractivity contribution in [2.75, 3.05) is 13.7 Å². The molecule has 100 valence electrons. The zero-order valence-electron chi connectivity index (χ0n) is 11.1. The van der Waals surface area contributed by atoms with E-state index in [0.29, 0.717) is 19.0 Å². The van der Waals surface area contributed by atoms with E-state index in [0.717, 1.165) is 0 Å². The van der Waals surface area contributed by atoms with Crippen LogP contribution in [0.15, 0.2) is 6.07 Å². The molecule has 0 spiro atoms. The standard InChI is InChI=1S/C14H21NO2S/c1-10(15-8-7-14(16)17-2)13-9-11-5-3-4-6-12(11)18-13/h9-10,15H,3-8H2,1-2H3. The van der Waals surface area contributed by atoms with Gasteiger partial charge in [-0.1, -0.05) is 0 Å². The number of ether oxygens (including phenoxy) is 1. The second-order valence-electron chi connectivity index (χ2n) is 4.81. The predicted octanol–water partition coefficient (Wildman–Crippen LogP) is 2.84. The predicted molar refractivity (Wildman–Crippen MR) is 74.0 cm³/mol. The first-order valence-corrected chi connectivity index (χ1v) is 7.44. The molecule has 0 radical (unpaired) electrons. The monoisotopic (exact) mass is 267 g/mol. The molecule has 4 heteroatoms. The van der Waals surface area contributed by atoms with E-state index in [2.05, 4.69) is 23.0 Å². The molecule has 0 aromatic carbocycles. The quantitative estimate of drug-likeness (QED) is 0.834. The van der Waals surface area contributed by atoms with Gasteiger partial charge >= 0.3 is 5.97 Å². The third-order valence-corrected chi connectivity index (χ3v) is 4.87. The van der Waals surface area contributed by atoms with Crippen LogP contribution in [-0.2, 0) is 22.4 Å². The number of thiophene rings is 1. The molecule has 0 aliphatic heterocycles. The zero-order valence-corrected chi connectivity index (χ0v) is 11.9. The lowest BCUT2D eigenvalue weighted by Gasteiger charge is -2.11. The number of methoxy groups -OCH3 is 1. The van der Waals surface area contributed by atoms with Gasteiger partial charge in [0.2, 0.25) is 0 Å². The van der Waals surface area contributed by atoms with Gasteiger partial charge in [0, 0.05) is 22.3 Å². The average Bonchev–Trinajstić information content (AvgIpc) is 2.82. The fourth-order valence-electron chi connectivity index (χ4n) is 2.32. The first kappa shape index (κ1) is 13.6. The van der Waals surface area contributed by atoms with E-state index in [9.17, 15) is 4.79 Å². The Kier molecular flexibility index (Phi) is 4.78. The summed E-state index contributed by atoms with van der Waals surface area (Å²) in [5.41, 5.74) is 1.54. The summed E-state index contributed by atoms with van der Waals surface area (Å²) < 4.78 is 4.63. The fraction of sp³-hybridized carbons (Fsp3) is 0.643. The second kappa shape index (κ2) is 6.34. The van der Waals surface area contributed by atoms with Gasteiger partial charge in [0.1, 0.15) is 0 Å². The van der Waals surface area contributed by atoms with Crippen LogP contribution in [0.25, 0.3) is 0 Å². The molecule has 1 atom stereocenters. The van der Waals surface area contributed by atoms with Gasteiger partial charge in [0.05, 0.1) is 13.5 Å². The first-order valence-electron chi connectivity index (χ1n) is 6.62. The highest BCUT2D eigenvalue weighted by molar-refractivity contribution is 7.12. The lowest BCUT2D eigenvalue weighted by molar-refractivity contribution is -0.140. The molecular formula is C14H21NO2S. The van der Waals surface area contributed by atoms with E-state index in [-0.39, 0.29) is 5.97 Å². The Labute approximate surface area is 113 Å². The van der Waals surface area contributed by atoms with Crippen molar-refractivity contribution in [3.63, 3.8) is 0 Å². The van der Waals surface area contributed by atoms with Crippen LogP contribution in [0.4, 0.5) is 0 Å². The first-order chi connectivity index (χ1) is 8.70. The van der Waals surface area contributed by atoms with Crippen LogP contribution in [0.1, 0.15) is 47.5 Å². The number of rotatable bonds is 5. The number of carbonyl (C=O) groups excluding carboxylic acids is 1. The van der Waals surface area contributed by atoms with Crippen molar-refractivity contribution in [3.8, 4) is 0 Å². The van der Waals surface area contributed by atoms with E-state index in [1.165, 1.54) is 37.7 Å². The zero-order chi connectivity index (χ0) is 13.0. The van der Waals surface area contributed by atoms with Crippen LogP contribution >= 0.6 is 11.3 Å². The molecule has 2 rings (SSSR count). The van der Waals surface area contributed by atoms with Gasteiger partial charge in [0.15, 0.2) is 0 Å². The highest BCUT2D eigenvalue weighted by Crippen LogP contribution is 2.32. The van der Waals surface area contributed by atoms with Gasteiger partial charge in [-0.2, -0.15) is 0 Å². The maximum Gasteiger partial charge on any atom is 0.306 e. The molecule has 18 heavy (non-hydrogen) atoms. The van der Waals surface area contributed by atoms with Crippen LogP contribution in [0.5, 0.6) is 0 Å². The number of fused-ring (bicyclic) bond motifs is 1. The third kappa shape index (κ3) is 3.33. The van der Waals surface area contributed by atoms with Crippen LogP contribution < -0.4 is 5.32 Å². The summed E-state index contributed by atoms with van der Waals surface area (Å²) in [5, 5.41) is 3.38. The lowest BCUT2D eigenvalue weighted by atomic mass is 9.99. The van der Waals surface area contributed by atoms with Crippen molar-refractivity contribution in [2.45, 2.75) is 45.1 Å². The number of carbonyl (C=O) groups is 1. The number of aryl methyl sites for hydroxylation is 2. The van der Waals surface area contributed by atoms with Gasteiger partial charge in [-0.05, 0) is 44.2 Å². The van der Waals surface area contributed by atoms with Crippen LogP contribution in [0.3, 0.4) is 0 Å². The second-order valence-corrected chi connectivity index (χ2v) is 5.97. The molecule has 0 saturated carbocycles. The van der Waals surface area contributed by atoms with Crippen LogP contribution in [0, 0.1) is 0 Å². The van der Waals surface area contributed by atoms with E-state index in [4.69, 9.17) is 0 Å². The van der Waals surface area contributed by atoms with Gasteiger partial charge in [-0.25, -0.2) is 0 Å². The normalized spacial score (nSPS) is 16.1. The Morgan fingerprint density at radius 2 is 2.28 bits per heavy atom. The van der Waals surface area contributed by atoms with E-state index >= 15 is 0 Å². The van der Waals surface area contributed by atoms with Crippen molar-refractivity contribution in [3.05, 3.63) is 21.4 Å². The van der Waals surface area contributed by atoms with Gasteiger partial charge in [0.25, 0.3) is 0 Å². The number of nitrogens with one attached hydrogen (secondary N) is 1. The summed E-state index contributed by atoms with van der Waals surface area (Å²) >= 11 is 1.93. The fourth-order valence-corrected chi connectivity index (χ4v) is 3.60. The SMILES string of the molecule is COC(=O)CCNC(C)c1cc2c(s1)CCCC2. The van der Waals surface area contributed by atoms with Gasteiger partial charge in [-0.15, -0.1) is 11.3 Å². The molecular weight excluding hydrogens is 246 g/mol. The number of hydrogen-bond acceptors (Lipinski definition) is 4. The van der Waals surface area contributed by atoms with Crippen LogP contribution in [0.2, 0.25) is 0 Å². The largest absolute Gasteiger partial charge is 0.469 e. The topological polar surface area (TPSA) is 38.3 Å². The maximum atomic E-state index is 11.0. The highest BCUT2D eigenvalue weighted by Gasteiger charge is 2.16. The van der Waals surface area contributed by atoms with Crippen molar-refractivity contribution < 1.29 is 9.53 Å². The molecule has 1 aromatic heterocycles. The van der Waals surface area contributed by atoms with Crippen molar-refractivity contribution in [1.29, 1.82) is 0 Å². The number of hydrogen-bond donors (Lipinski definition) is 1. The minimum absolute atomic E-state index is 0.153. The molecule has 1 aliphatic rings. The Bertz CT molecular complexity index is 390. The van der Waals surface area contributed by atoms with Gasteiger partial charge < -0.3 is 10.1 Å². The molecule has 1 aromatic rings. The Hall–Kier alpha value is -0.870. The highest BCUT2D eigenvalue weighted by atomic mass is 32.1. The van der Waals surface area contributed by atoms with E-state index in [1.807, 2.05) is 11.3 Å². The summed E-state index contributed by atoms with van der Waals surface area (Å²) in [6.45, 7) is 2.84. The summed E-state index contributed by atoms with van der Waals surface area (Å²) in [5.74, 6) is -0.153. The van der Waals surface area contributed by atoms with Crippen molar-refractivity contribution in [2.24, 2.45) is 0 Å². The molecule has 1 heterocycles.